The lowest BCUT2D eigenvalue weighted by Gasteiger charge is -2.29. The minimum absolute atomic E-state index is 0.100. The number of benzene rings is 2. The summed E-state index contributed by atoms with van der Waals surface area (Å²) in [6.07, 6.45) is 1.81. The molecule has 0 unspecified atom stereocenters. The minimum Gasteiger partial charge on any atom is -0.481 e. The van der Waals surface area contributed by atoms with E-state index in [0.29, 0.717) is 5.02 Å². The van der Waals surface area contributed by atoms with Gasteiger partial charge in [0.25, 0.3) is 0 Å². The highest BCUT2D eigenvalue weighted by atomic mass is 79.9. The molecule has 1 atom stereocenters. The van der Waals surface area contributed by atoms with E-state index < -0.39 is 11.4 Å². The molecule has 0 heterocycles. The summed E-state index contributed by atoms with van der Waals surface area (Å²) in [6, 6.07) is 13.7. The summed E-state index contributed by atoms with van der Waals surface area (Å²) in [4.78, 5) is 11.4. The van der Waals surface area contributed by atoms with Crippen molar-refractivity contribution in [2.24, 2.45) is 0 Å². The number of rotatable bonds is 3. The monoisotopic (exact) mass is 364 g/mol. The molecule has 1 aliphatic rings. The van der Waals surface area contributed by atoms with Crippen molar-refractivity contribution in [3.05, 3.63) is 68.7 Å². The van der Waals surface area contributed by atoms with Crippen LogP contribution in [0.1, 0.15) is 29.5 Å². The van der Waals surface area contributed by atoms with Crippen LogP contribution in [-0.4, -0.2) is 11.1 Å². The second kappa shape index (κ2) is 5.47. The van der Waals surface area contributed by atoms with E-state index in [9.17, 15) is 9.90 Å². The summed E-state index contributed by atoms with van der Waals surface area (Å²) in [5, 5.41) is 10.1. The summed E-state index contributed by atoms with van der Waals surface area (Å²) in [5.41, 5.74) is 2.92. The fourth-order valence-electron chi connectivity index (χ4n) is 3.33. The Kier molecular flexibility index (Phi) is 3.80. The lowest BCUT2D eigenvalue weighted by atomic mass is 9.73. The van der Waals surface area contributed by atoms with Gasteiger partial charge in [0, 0.05) is 14.9 Å². The molecule has 2 nitrogen and oxygen atoms in total. The molecule has 0 aromatic heterocycles. The molecule has 1 aliphatic carbocycles. The Morgan fingerprint density at radius 1 is 1.24 bits per heavy atom. The second-order valence-electron chi connectivity index (χ2n) is 5.46. The van der Waals surface area contributed by atoms with Crippen molar-refractivity contribution < 1.29 is 9.90 Å². The van der Waals surface area contributed by atoms with Crippen molar-refractivity contribution in [3.63, 3.8) is 0 Å². The van der Waals surface area contributed by atoms with Gasteiger partial charge >= 0.3 is 5.97 Å². The average molecular weight is 366 g/mol. The molecule has 4 heteroatoms. The number of hydrogen-bond acceptors (Lipinski definition) is 1. The van der Waals surface area contributed by atoms with Crippen LogP contribution in [0, 0.1) is 0 Å². The lowest BCUT2D eigenvalue weighted by Crippen LogP contribution is -2.28. The van der Waals surface area contributed by atoms with Gasteiger partial charge < -0.3 is 5.11 Å². The van der Waals surface area contributed by atoms with E-state index in [2.05, 4.69) is 22.0 Å². The number of carbonyl (C=O) groups is 1. The van der Waals surface area contributed by atoms with Crippen LogP contribution in [0.3, 0.4) is 0 Å². The number of aliphatic carboxylic acids is 1. The van der Waals surface area contributed by atoms with Crippen LogP contribution in [0.15, 0.2) is 46.9 Å². The normalized spacial score (nSPS) is 20.3. The molecule has 3 rings (SSSR count). The third kappa shape index (κ3) is 2.60. The number of carboxylic acids is 1. The third-order valence-corrected chi connectivity index (χ3v) is 5.00. The summed E-state index contributed by atoms with van der Waals surface area (Å²) in [6.45, 7) is 0. The molecular weight excluding hydrogens is 352 g/mol. The molecule has 1 N–H and O–H groups in total. The molecular formula is C17H14BrClO2. The fourth-order valence-corrected chi connectivity index (χ4v) is 3.87. The average Bonchev–Trinajstić information content (AvgIpc) is 2.78. The number of fused-ring (bicyclic) bond motifs is 1. The zero-order chi connectivity index (χ0) is 15.0. The van der Waals surface area contributed by atoms with Crippen molar-refractivity contribution in [2.75, 3.05) is 0 Å². The third-order valence-electron chi connectivity index (χ3n) is 4.25. The largest absolute Gasteiger partial charge is 0.481 e. The summed E-state index contributed by atoms with van der Waals surface area (Å²) >= 11 is 9.45. The molecule has 0 saturated carbocycles. The van der Waals surface area contributed by atoms with Crippen LogP contribution in [0.5, 0.6) is 0 Å². The molecule has 108 valence electrons. The first-order valence-electron chi connectivity index (χ1n) is 6.78. The van der Waals surface area contributed by atoms with Gasteiger partial charge in [0.05, 0.1) is 6.42 Å². The molecule has 0 saturated heterocycles. The molecule has 0 fully saturated rings. The zero-order valence-corrected chi connectivity index (χ0v) is 13.6. The highest BCUT2D eigenvalue weighted by Gasteiger charge is 2.42. The van der Waals surface area contributed by atoms with Gasteiger partial charge in [0.15, 0.2) is 0 Å². The zero-order valence-electron chi connectivity index (χ0n) is 11.3. The van der Waals surface area contributed by atoms with Crippen molar-refractivity contribution in [2.45, 2.75) is 24.7 Å². The van der Waals surface area contributed by atoms with Crippen LogP contribution >= 0.6 is 27.5 Å². The van der Waals surface area contributed by atoms with Crippen molar-refractivity contribution in [1.29, 1.82) is 0 Å². The first kappa shape index (κ1) is 14.6. The highest BCUT2D eigenvalue weighted by molar-refractivity contribution is 9.10. The molecule has 0 aliphatic heterocycles. The van der Waals surface area contributed by atoms with Crippen molar-refractivity contribution in [1.82, 2.24) is 0 Å². The van der Waals surface area contributed by atoms with Crippen LogP contribution in [-0.2, 0) is 16.6 Å². The predicted molar refractivity (Wildman–Crippen MR) is 86.9 cm³/mol. The van der Waals surface area contributed by atoms with Crippen molar-refractivity contribution in [3.8, 4) is 0 Å². The molecule has 0 radical (unpaired) electrons. The maximum Gasteiger partial charge on any atom is 0.304 e. The highest BCUT2D eigenvalue weighted by Crippen LogP contribution is 2.47. The van der Waals surface area contributed by atoms with Gasteiger partial charge in [-0.25, -0.2) is 0 Å². The Morgan fingerprint density at radius 3 is 2.62 bits per heavy atom. The standard InChI is InChI=1S/C17H14BrClO2/c18-13-3-6-15-11(9-13)7-8-17(15,10-16(20)21)12-1-4-14(19)5-2-12/h1-6,9H,7-8,10H2,(H,20,21)/t17-/m1/s1. The Morgan fingerprint density at radius 2 is 1.95 bits per heavy atom. The van der Waals surface area contributed by atoms with Crippen LogP contribution < -0.4 is 0 Å². The SMILES string of the molecule is O=C(O)C[C@@]1(c2ccc(Cl)cc2)CCc2cc(Br)ccc21. The topological polar surface area (TPSA) is 37.3 Å². The summed E-state index contributed by atoms with van der Waals surface area (Å²) in [7, 11) is 0. The predicted octanol–water partition coefficient (Wildman–Crippen LogP) is 4.81. The van der Waals surface area contributed by atoms with Gasteiger partial charge in [0.2, 0.25) is 0 Å². The van der Waals surface area contributed by atoms with Gasteiger partial charge in [-0.15, -0.1) is 0 Å². The molecule has 2 aromatic carbocycles. The summed E-state index contributed by atoms with van der Waals surface area (Å²) in [5.74, 6) is -0.777. The van der Waals surface area contributed by atoms with Gasteiger partial charge in [-0.2, -0.15) is 0 Å². The van der Waals surface area contributed by atoms with Crippen LogP contribution in [0.25, 0.3) is 0 Å². The van der Waals surface area contributed by atoms with Crippen LogP contribution in [0.2, 0.25) is 5.02 Å². The quantitative estimate of drug-likeness (QED) is 0.847. The summed E-state index contributed by atoms with van der Waals surface area (Å²) < 4.78 is 1.03. The first-order valence-corrected chi connectivity index (χ1v) is 7.95. The van der Waals surface area contributed by atoms with Gasteiger partial charge in [-0.3, -0.25) is 4.79 Å². The molecule has 21 heavy (non-hydrogen) atoms. The van der Waals surface area contributed by atoms with E-state index in [0.717, 1.165) is 28.4 Å². The molecule has 0 spiro atoms. The first-order chi connectivity index (χ1) is 10.0. The number of hydrogen-bond donors (Lipinski definition) is 1. The maximum absolute atomic E-state index is 11.4. The van der Waals surface area contributed by atoms with Gasteiger partial charge in [0.1, 0.15) is 0 Å². The van der Waals surface area contributed by atoms with E-state index in [1.807, 2.05) is 36.4 Å². The minimum atomic E-state index is -0.777. The van der Waals surface area contributed by atoms with E-state index >= 15 is 0 Å². The van der Waals surface area contributed by atoms with E-state index in [4.69, 9.17) is 11.6 Å². The number of aryl methyl sites for hydroxylation is 1. The molecule has 2 aromatic rings. The number of carboxylic acid groups (broad SMARTS) is 1. The molecule has 0 amide bonds. The molecule has 0 bridgehead atoms. The van der Waals surface area contributed by atoms with Gasteiger partial charge in [-0.05, 0) is 53.8 Å². The van der Waals surface area contributed by atoms with E-state index in [1.165, 1.54) is 5.56 Å². The Balaban J connectivity index is 2.17. The van der Waals surface area contributed by atoms with E-state index in [-0.39, 0.29) is 6.42 Å². The number of halogens is 2. The second-order valence-corrected chi connectivity index (χ2v) is 6.81. The Hall–Kier alpha value is -1.32. The van der Waals surface area contributed by atoms with Crippen molar-refractivity contribution >= 4 is 33.5 Å². The Bertz CT molecular complexity index is 696. The smallest absolute Gasteiger partial charge is 0.304 e. The fraction of sp³-hybridized carbons (Fsp3) is 0.235. The maximum atomic E-state index is 11.4. The Labute approximate surface area is 136 Å². The lowest BCUT2D eigenvalue weighted by molar-refractivity contribution is -0.138. The van der Waals surface area contributed by atoms with E-state index in [1.54, 1.807) is 0 Å². The van der Waals surface area contributed by atoms with Gasteiger partial charge in [-0.1, -0.05) is 45.7 Å². The van der Waals surface area contributed by atoms with Crippen LogP contribution in [0.4, 0.5) is 0 Å².